The lowest BCUT2D eigenvalue weighted by atomic mass is 10.1. The van der Waals surface area contributed by atoms with E-state index in [-0.39, 0.29) is 29.5 Å². The maximum absolute atomic E-state index is 13.9. The number of anilines is 1. The van der Waals surface area contributed by atoms with E-state index in [9.17, 15) is 19.1 Å². The molecule has 1 aliphatic heterocycles. The Kier molecular flexibility index (Phi) is 6.56. The number of nitriles is 1. The highest BCUT2D eigenvalue weighted by atomic mass is 19.1. The number of carbonyl (C=O) groups is 2. The van der Waals surface area contributed by atoms with Crippen molar-refractivity contribution in [3.8, 4) is 11.8 Å². The van der Waals surface area contributed by atoms with Crippen molar-refractivity contribution in [2.24, 2.45) is 0 Å². The zero-order chi connectivity index (χ0) is 25.9. The van der Waals surface area contributed by atoms with Gasteiger partial charge >= 0.3 is 0 Å². The van der Waals surface area contributed by atoms with Crippen molar-refractivity contribution < 1.29 is 19.1 Å². The van der Waals surface area contributed by atoms with Crippen LogP contribution in [0, 0.1) is 17.1 Å². The van der Waals surface area contributed by atoms with E-state index < -0.39 is 11.9 Å². The van der Waals surface area contributed by atoms with Crippen LogP contribution in [0.5, 0.6) is 5.75 Å². The van der Waals surface area contributed by atoms with Gasteiger partial charge in [0.1, 0.15) is 23.7 Å². The second-order valence-corrected chi connectivity index (χ2v) is 9.02. The number of nitrogens with one attached hydrogen (secondary N) is 1. The first-order chi connectivity index (χ1) is 17.9. The maximum Gasteiger partial charge on any atom is 0.249 e. The van der Waals surface area contributed by atoms with E-state index in [1.807, 2.05) is 22.8 Å². The molecule has 0 aliphatic carbocycles. The number of phenols is 1. The van der Waals surface area contributed by atoms with Crippen molar-refractivity contribution in [1.29, 1.82) is 5.26 Å². The summed E-state index contributed by atoms with van der Waals surface area (Å²) < 4.78 is 15.8. The maximum atomic E-state index is 13.9. The predicted octanol–water partition coefficient (Wildman–Crippen LogP) is 3.66. The SMILES string of the molecule is N#Cc1ccc(Cn2cncc2CCC(=O)N[C@H]2CCN(c3cccc4ccc(O)cc34)C2=O)cc1F. The van der Waals surface area contributed by atoms with E-state index in [4.69, 9.17) is 5.26 Å². The van der Waals surface area contributed by atoms with E-state index >= 15 is 0 Å². The van der Waals surface area contributed by atoms with Crippen LogP contribution in [-0.4, -0.2) is 39.1 Å². The molecule has 1 fully saturated rings. The number of fused-ring (bicyclic) bond motifs is 1. The van der Waals surface area contributed by atoms with E-state index in [2.05, 4.69) is 10.3 Å². The molecule has 1 saturated heterocycles. The van der Waals surface area contributed by atoms with Gasteiger partial charge in [0.15, 0.2) is 0 Å². The highest BCUT2D eigenvalue weighted by molar-refractivity contribution is 6.08. The molecule has 1 aromatic heterocycles. The Morgan fingerprint density at radius 1 is 1.22 bits per heavy atom. The fourth-order valence-electron chi connectivity index (χ4n) is 4.68. The van der Waals surface area contributed by atoms with Gasteiger partial charge < -0.3 is 19.9 Å². The highest BCUT2D eigenvalue weighted by Crippen LogP contribution is 2.32. The van der Waals surface area contributed by atoms with Gasteiger partial charge in [-0.3, -0.25) is 9.59 Å². The number of aromatic hydroxyl groups is 1. The van der Waals surface area contributed by atoms with Crippen LogP contribution in [0.4, 0.5) is 10.1 Å². The van der Waals surface area contributed by atoms with Gasteiger partial charge in [-0.15, -0.1) is 0 Å². The Morgan fingerprint density at radius 3 is 2.89 bits per heavy atom. The first-order valence-corrected chi connectivity index (χ1v) is 11.9. The topological polar surface area (TPSA) is 111 Å². The number of nitrogens with zero attached hydrogens (tertiary/aromatic N) is 4. The molecule has 1 atom stereocenters. The smallest absolute Gasteiger partial charge is 0.249 e. The number of rotatable bonds is 7. The third kappa shape index (κ3) is 5.00. The lowest BCUT2D eigenvalue weighted by molar-refractivity contribution is -0.126. The fourth-order valence-corrected chi connectivity index (χ4v) is 4.68. The van der Waals surface area contributed by atoms with Gasteiger partial charge in [-0.2, -0.15) is 5.26 Å². The zero-order valence-corrected chi connectivity index (χ0v) is 19.9. The molecule has 8 nitrogen and oxygen atoms in total. The third-order valence-electron chi connectivity index (χ3n) is 6.59. The number of phenolic OH excluding ortho intramolecular Hbond substituents is 1. The van der Waals surface area contributed by atoms with Crippen LogP contribution in [0.25, 0.3) is 10.8 Å². The van der Waals surface area contributed by atoms with E-state index in [1.54, 1.807) is 47.8 Å². The second kappa shape index (κ2) is 10.1. The molecule has 1 aliphatic rings. The summed E-state index contributed by atoms with van der Waals surface area (Å²) >= 11 is 0. The number of hydrogen-bond donors (Lipinski definition) is 2. The van der Waals surface area contributed by atoms with Gasteiger partial charge in [-0.1, -0.05) is 24.3 Å². The number of hydrogen-bond acceptors (Lipinski definition) is 5. The van der Waals surface area contributed by atoms with E-state index in [0.717, 1.165) is 16.5 Å². The molecule has 4 aromatic rings. The normalized spacial score (nSPS) is 15.2. The van der Waals surface area contributed by atoms with Gasteiger partial charge in [-0.05, 0) is 54.1 Å². The van der Waals surface area contributed by atoms with Gasteiger partial charge in [0.2, 0.25) is 11.8 Å². The third-order valence-corrected chi connectivity index (χ3v) is 6.59. The molecule has 37 heavy (non-hydrogen) atoms. The molecular weight excluding hydrogens is 473 g/mol. The average Bonchev–Trinajstić information content (AvgIpc) is 3.48. The number of halogens is 1. The van der Waals surface area contributed by atoms with Crippen LogP contribution >= 0.6 is 0 Å². The Morgan fingerprint density at radius 2 is 2.08 bits per heavy atom. The lowest BCUT2D eigenvalue weighted by Crippen LogP contribution is -2.41. The zero-order valence-electron chi connectivity index (χ0n) is 19.9. The lowest BCUT2D eigenvalue weighted by Gasteiger charge is -2.19. The molecule has 0 radical (unpaired) electrons. The Balaban J connectivity index is 1.20. The number of benzene rings is 3. The highest BCUT2D eigenvalue weighted by Gasteiger charge is 2.34. The number of aryl methyl sites for hydroxylation is 1. The summed E-state index contributed by atoms with van der Waals surface area (Å²) in [5, 5.41) is 23.4. The number of imidazole rings is 1. The van der Waals surface area contributed by atoms with Crippen LogP contribution in [-0.2, 0) is 22.6 Å². The predicted molar refractivity (Wildman–Crippen MR) is 135 cm³/mol. The quantitative estimate of drug-likeness (QED) is 0.405. The summed E-state index contributed by atoms with van der Waals surface area (Å²) in [7, 11) is 0. The van der Waals surface area contributed by atoms with Crippen LogP contribution < -0.4 is 10.2 Å². The number of carbonyl (C=O) groups excluding carboxylic acids is 2. The number of aromatic nitrogens is 2. The monoisotopic (exact) mass is 497 g/mol. The van der Waals surface area contributed by atoms with Crippen LogP contribution in [0.3, 0.4) is 0 Å². The van der Waals surface area contributed by atoms with Gasteiger partial charge in [0, 0.05) is 36.8 Å². The molecule has 2 N–H and O–H groups in total. The van der Waals surface area contributed by atoms with E-state index in [0.29, 0.717) is 37.2 Å². The first-order valence-electron chi connectivity index (χ1n) is 11.9. The molecule has 0 spiro atoms. The van der Waals surface area contributed by atoms with Gasteiger partial charge in [0.25, 0.3) is 0 Å². The first kappa shape index (κ1) is 24.0. The fraction of sp³-hybridized carbons (Fsp3) is 0.214. The minimum absolute atomic E-state index is 0.00935. The summed E-state index contributed by atoms with van der Waals surface area (Å²) in [6, 6.07) is 16.3. The molecule has 3 aromatic carbocycles. The molecule has 186 valence electrons. The standard InChI is InChI=1S/C28H24FN5O3/c29-24-12-18(4-5-20(24)14-30)16-33-17-31-15-21(33)7-9-27(36)32-25-10-11-34(28(25)37)26-3-1-2-19-6-8-22(35)13-23(19)26/h1-6,8,12-13,15,17,25,35H,7,9-11,16H2,(H,32,36)/t25-/m0/s1. The molecule has 9 heteroatoms. The Hall–Kier alpha value is -4.71. The summed E-state index contributed by atoms with van der Waals surface area (Å²) in [6.45, 7) is 0.822. The molecule has 2 heterocycles. The van der Waals surface area contributed by atoms with Crippen molar-refractivity contribution in [2.75, 3.05) is 11.4 Å². The second-order valence-electron chi connectivity index (χ2n) is 9.02. The largest absolute Gasteiger partial charge is 0.508 e. The van der Waals surface area contributed by atoms with E-state index in [1.165, 1.54) is 12.1 Å². The summed E-state index contributed by atoms with van der Waals surface area (Å²) in [5.74, 6) is -0.873. The van der Waals surface area contributed by atoms with Gasteiger partial charge in [0.05, 0.1) is 17.6 Å². The van der Waals surface area contributed by atoms with Crippen molar-refractivity contribution in [3.05, 3.63) is 89.8 Å². The van der Waals surface area contributed by atoms with Crippen LogP contribution in [0.1, 0.15) is 29.7 Å². The van der Waals surface area contributed by atoms with Gasteiger partial charge in [-0.25, -0.2) is 9.37 Å². The van der Waals surface area contributed by atoms with Crippen molar-refractivity contribution >= 4 is 28.3 Å². The minimum Gasteiger partial charge on any atom is -0.508 e. The summed E-state index contributed by atoms with van der Waals surface area (Å²) in [6.07, 6.45) is 4.33. The Labute approximate surface area is 212 Å². The Bertz CT molecular complexity index is 1540. The number of amides is 2. The molecular formula is C28H24FN5O3. The van der Waals surface area contributed by atoms with Crippen molar-refractivity contribution in [1.82, 2.24) is 14.9 Å². The average molecular weight is 498 g/mol. The molecule has 0 unspecified atom stereocenters. The molecule has 0 saturated carbocycles. The minimum atomic E-state index is -0.619. The van der Waals surface area contributed by atoms with Crippen molar-refractivity contribution in [2.45, 2.75) is 31.8 Å². The molecule has 5 rings (SSSR count). The van der Waals surface area contributed by atoms with Crippen LogP contribution in [0.15, 0.2) is 67.1 Å². The summed E-state index contributed by atoms with van der Waals surface area (Å²) in [4.78, 5) is 31.6. The van der Waals surface area contributed by atoms with Crippen molar-refractivity contribution in [3.63, 3.8) is 0 Å². The van der Waals surface area contributed by atoms with Crippen LogP contribution in [0.2, 0.25) is 0 Å². The molecule has 0 bridgehead atoms. The summed E-state index contributed by atoms with van der Waals surface area (Å²) in [5.41, 5.74) is 2.18. The molecule has 2 amide bonds.